The van der Waals surface area contributed by atoms with Crippen molar-refractivity contribution in [2.24, 2.45) is 5.92 Å². The topological polar surface area (TPSA) is 54.9 Å². The first-order valence-electron chi connectivity index (χ1n) is 6.40. The van der Waals surface area contributed by atoms with E-state index in [-0.39, 0.29) is 11.8 Å². The number of benzene rings is 1. The fourth-order valence-corrected chi connectivity index (χ4v) is 3.99. The van der Waals surface area contributed by atoms with E-state index in [0.717, 1.165) is 35.2 Å². The number of carbonyl (C=O) groups excluding carboxylic acids is 1. The zero-order valence-electron chi connectivity index (χ0n) is 10.5. The summed E-state index contributed by atoms with van der Waals surface area (Å²) >= 11 is 3.09. The maximum atomic E-state index is 12.1. The summed E-state index contributed by atoms with van der Waals surface area (Å²) in [5.74, 6) is 2.49. The van der Waals surface area contributed by atoms with Crippen LogP contribution in [0.1, 0.15) is 18.4 Å². The van der Waals surface area contributed by atoms with E-state index in [2.05, 4.69) is 14.1 Å². The highest BCUT2D eigenvalue weighted by Crippen LogP contribution is 2.23. The van der Waals surface area contributed by atoms with E-state index in [4.69, 9.17) is 0 Å². The van der Waals surface area contributed by atoms with Crippen molar-refractivity contribution in [3.63, 3.8) is 0 Å². The summed E-state index contributed by atoms with van der Waals surface area (Å²) in [7, 11) is 0. The molecule has 4 nitrogen and oxygen atoms in total. The van der Waals surface area contributed by atoms with E-state index < -0.39 is 0 Å². The Morgan fingerprint density at radius 2 is 2.37 bits per heavy atom. The molecule has 2 heterocycles. The minimum atomic E-state index is 0.173. The lowest BCUT2D eigenvalue weighted by molar-refractivity contribution is -0.124. The van der Waals surface area contributed by atoms with Crippen LogP contribution in [0.4, 0.5) is 0 Å². The Bertz CT molecular complexity index is 578. The van der Waals surface area contributed by atoms with Gasteiger partial charge in [0.25, 0.3) is 0 Å². The van der Waals surface area contributed by atoms with Gasteiger partial charge in [0.15, 0.2) is 0 Å². The average Bonchev–Trinajstić information content (AvgIpc) is 2.94. The molecule has 1 aliphatic rings. The van der Waals surface area contributed by atoms with Gasteiger partial charge in [0.05, 0.1) is 11.7 Å². The van der Waals surface area contributed by atoms with Crippen LogP contribution in [-0.2, 0) is 11.3 Å². The van der Waals surface area contributed by atoms with Crippen molar-refractivity contribution in [1.82, 2.24) is 14.1 Å². The maximum absolute atomic E-state index is 12.1. The standard InChI is InChI=1S/C13H15N3OS2/c17-13(10-4-2-6-18-8-10)14-7-9-3-1-5-11-12(9)16-19-15-11/h1,3,5,10H,2,4,6-8H2,(H,14,17). The van der Waals surface area contributed by atoms with Crippen LogP contribution in [0.3, 0.4) is 0 Å². The van der Waals surface area contributed by atoms with Crippen molar-refractivity contribution in [3.8, 4) is 0 Å². The predicted octanol–water partition coefficient (Wildman–Crippen LogP) is 2.45. The van der Waals surface area contributed by atoms with Crippen LogP contribution in [0.5, 0.6) is 0 Å². The van der Waals surface area contributed by atoms with Crippen molar-refractivity contribution in [2.45, 2.75) is 19.4 Å². The number of fused-ring (bicyclic) bond motifs is 1. The van der Waals surface area contributed by atoms with E-state index in [1.807, 2.05) is 30.0 Å². The maximum Gasteiger partial charge on any atom is 0.224 e. The van der Waals surface area contributed by atoms with Crippen LogP contribution in [0, 0.1) is 5.92 Å². The van der Waals surface area contributed by atoms with Crippen LogP contribution in [0.2, 0.25) is 0 Å². The Morgan fingerprint density at radius 3 is 3.21 bits per heavy atom. The normalized spacial score (nSPS) is 19.5. The number of hydrogen-bond acceptors (Lipinski definition) is 5. The fraction of sp³-hybridized carbons (Fsp3) is 0.462. The van der Waals surface area contributed by atoms with Gasteiger partial charge >= 0.3 is 0 Å². The van der Waals surface area contributed by atoms with Gasteiger partial charge in [-0.3, -0.25) is 4.79 Å². The van der Waals surface area contributed by atoms with E-state index in [9.17, 15) is 4.79 Å². The third-order valence-corrected chi connectivity index (χ3v) is 5.11. The molecule has 0 spiro atoms. The number of hydrogen-bond donors (Lipinski definition) is 1. The molecule has 1 atom stereocenters. The molecule has 0 aliphatic carbocycles. The van der Waals surface area contributed by atoms with Crippen molar-refractivity contribution in [1.29, 1.82) is 0 Å². The SMILES string of the molecule is O=C(NCc1cccc2nsnc12)C1CCCSC1. The number of carbonyl (C=O) groups is 1. The molecule has 0 saturated carbocycles. The van der Waals surface area contributed by atoms with Crippen molar-refractivity contribution in [3.05, 3.63) is 23.8 Å². The molecule has 1 unspecified atom stereocenters. The van der Waals surface area contributed by atoms with Gasteiger partial charge in [-0.05, 0) is 24.7 Å². The zero-order chi connectivity index (χ0) is 13.1. The quantitative estimate of drug-likeness (QED) is 0.944. The van der Waals surface area contributed by atoms with Crippen LogP contribution < -0.4 is 5.32 Å². The predicted molar refractivity (Wildman–Crippen MR) is 79.3 cm³/mol. The third kappa shape index (κ3) is 2.90. The van der Waals surface area contributed by atoms with Crippen molar-refractivity contribution < 1.29 is 4.79 Å². The van der Waals surface area contributed by atoms with Crippen LogP contribution >= 0.6 is 23.5 Å². The molecule has 1 fully saturated rings. The van der Waals surface area contributed by atoms with Crippen LogP contribution in [-0.4, -0.2) is 26.2 Å². The minimum Gasteiger partial charge on any atom is -0.352 e. The molecule has 6 heteroatoms. The Hall–Kier alpha value is -1.14. The van der Waals surface area contributed by atoms with Gasteiger partial charge in [-0.15, -0.1) is 0 Å². The summed E-state index contributed by atoms with van der Waals surface area (Å²) in [4.78, 5) is 12.1. The first-order valence-corrected chi connectivity index (χ1v) is 8.29. The fourth-order valence-electron chi connectivity index (χ4n) is 2.28. The van der Waals surface area contributed by atoms with E-state index >= 15 is 0 Å². The molecule has 1 aromatic carbocycles. The largest absolute Gasteiger partial charge is 0.352 e. The molecule has 2 aromatic rings. The van der Waals surface area contributed by atoms with Gasteiger partial charge in [-0.2, -0.15) is 20.5 Å². The molecular formula is C13H15N3OS2. The van der Waals surface area contributed by atoms with Gasteiger partial charge < -0.3 is 5.32 Å². The number of amides is 1. The molecule has 0 bridgehead atoms. The molecular weight excluding hydrogens is 278 g/mol. The van der Waals surface area contributed by atoms with Crippen LogP contribution in [0.25, 0.3) is 11.0 Å². The minimum absolute atomic E-state index is 0.173. The summed E-state index contributed by atoms with van der Waals surface area (Å²) in [6.07, 6.45) is 2.16. The van der Waals surface area contributed by atoms with Gasteiger partial charge in [0.2, 0.25) is 5.91 Å². The highest BCUT2D eigenvalue weighted by molar-refractivity contribution is 7.99. The zero-order valence-corrected chi connectivity index (χ0v) is 12.1. The van der Waals surface area contributed by atoms with Gasteiger partial charge in [-0.25, -0.2) is 0 Å². The number of aromatic nitrogens is 2. The molecule has 1 saturated heterocycles. The number of nitrogens with zero attached hydrogens (tertiary/aromatic N) is 2. The summed E-state index contributed by atoms with van der Waals surface area (Å²) in [6, 6.07) is 5.91. The monoisotopic (exact) mass is 293 g/mol. The van der Waals surface area contributed by atoms with Gasteiger partial charge in [0, 0.05) is 23.8 Å². The Balaban J connectivity index is 1.65. The first kappa shape index (κ1) is 12.9. The summed E-state index contributed by atoms with van der Waals surface area (Å²) < 4.78 is 8.50. The second-order valence-corrected chi connectivity index (χ2v) is 6.36. The van der Waals surface area contributed by atoms with Crippen molar-refractivity contribution >= 4 is 40.4 Å². The smallest absolute Gasteiger partial charge is 0.224 e. The lowest BCUT2D eigenvalue weighted by atomic mass is 10.0. The molecule has 100 valence electrons. The van der Waals surface area contributed by atoms with E-state index in [0.29, 0.717) is 6.54 Å². The Labute approximate surface area is 120 Å². The second-order valence-electron chi connectivity index (χ2n) is 4.68. The first-order chi connectivity index (χ1) is 9.34. The van der Waals surface area contributed by atoms with Gasteiger partial charge in [-0.1, -0.05) is 12.1 Å². The number of rotatable bonds is 3. The molecule has 1 N–H and O–H groups in total. The van der Waals surface area contributed by atoms with Crippen LogP contribution in [0.15, 0.2) is 18.2 Å². The highest BCUT2D eigenvalue weighted by atomic mass is 32.2. The Morgan fingerprint density at radius 1 is 1.42 bits per heavy atom. The Kier molecular flexibility index (Phi) is 3.98. The molecule has 0 radical (unpaired) electrons. The lowest BCUT2D eigenvalue weighted by Crippen LogP contribution is -2.33. The number of nitrogens with one attached hydrogen (secondary N) is 1. The highest BCUT2D eigenvalue weighted by Gasteiger charge is 2.21. The summed E-state index contributed by atoms with van der Waals surface area (Å²) in [5.41, 5.74) is 2.86. The number of thioether (sulfide) groups is 1. The third-order valence-electron chi connectivity index (χ3n) is 3.35. The second kappa shape index (κ2) is 5.88. The summed E-state index contributed by atoms with van der Waals surface area (Å²) in [5, 5.41) is 3.04. The lowest BCUT2D eigenvalue weighted by Gasteiger charge is -2.20. The summed E-state index contributed by atoms with van der Waals surface area (Å²) in [6.45, 7) is 0.544. The van der Waals surface area contributed by atoms with E-state index in [1.54, 1.807) is 0 Å². The molecule has 1 aliphatic heterocycles. The molecule has 3 rings (SSSR count). The molecule has 19 heavy (non-hydrogen) atoms. The van der Waals surface area contributed by atoms with Gasteiger partial charge in [0.1, 0.15) is 11.0 Å². The van der Waals surface area contributed by atoms with E-state index in [1.165, 1.54) is 17.5 Å². The molecule has 1 amide bonds. The average molecular weight is 293 g/mol. The molecule has 1 aromatic heterocycles. The van der Waals surface area contributed by atoms with Crippen molar-refractivity contribution in [2.75, 3.05) is 11.5 Å².